The van der Waals surface area contributed by atoms with Crippen molar-refractivity contribution in [2.75, 3.05) is 19.7 Å². The Hall–Kier alpha value is -1.85. The second-order valence-electron chi connectivity index (χ2n) is 8.73. The third-order valence-electron chi connectivity index (χ3n) is 6.81. The predicted octanol–water partition coefficient (Wildman–Crippen LogP) is 2.78. The lowest BCUT2D eigenvalue weighted by molar-refractivity contribution is -0.0581. The van der Waals surface area contributed by atoms with Crippen LogP contribution >= 0.6 is 0 Å². The second kappa shape index (κ2) is 6.35. The standard InChI is InChI=1S/C22H29N3O2/c1-13-5-4-6-18-14(2)21(24(3)20(13)18)22(26)23-16-9-17-12-27-19(15-7-8-15)11-25(17)10-16/h4-6,15-17,19H,7-12H2,1-3H3,(H,23,26)/t16-,17-,19+/m0/s1. The monoisotopic (exact) mass is 367 g/mol. The Labute approximate surface area is 160 Å². The normalized spacial score (nSPS) is 28.5. The number of amides is 1. The van der Waals surface area contributed by atoms with E-state index in [-0.39, 0.29) is 11.9 Å². The molecule has 0 radical (unpaired) electrons. The molecule has 3 aliphatic rings. The quantitative estimate of drug-likeness (QED) is 0.907. The number of benzene rings is 1. The average Bonchev–Trinajstić information content (AvgIpc) is 3.35. The summed E-state index contributed by atoms with van der Waals surface area (Å²) in [6, 6.07) is 6.95. The molecule has 2 saturated heterocycles. The molecule has 144 valence electrons. The van der Waals surface area contributed by atoms with E-state index in [2.05, 4.69) is 46.8 Å². The number of ether oxygens (including phenoxy) is 1. The molecule has 1 aromatic heterocycles. The van der Waals surface area contributed by atoms with Gasteiger partial charge in [-0.2, -0.15) is 0 Å². The summed E-state index contributed by atoms with van der Waals surface area (Å²) >= 11 is 0. The van der Waals surface area contributed by atoms with Gasteiger partial charge in [-0.1, -0.05) is 18.2 Å². The number of hydrogen-bond acceptors (Lipinski definition) is 3. The van der Waals surface area contributed by atoms with E-state index in [4.69, 9.17) is 4.74 Å². The molecule has 0 unspecified atom stereocenters. The van der Waals surface area contributed by atoms with Gasteiger partial charge in [-0.25, -0.2) is 0 Å². The van der Waals surface area contributed by atoms with Crippen LogP contribution in [0.2, 0.25) is 0 Å². The van der Waals surface area contributed by atoms with Gasteiger partial charge in [0.1, 0.15) is 5.69 Å². The van der Waals surface area contributed by atoms with Crippen molar-refractivity contribution in [3.63, 3.8) is 0 Å². The number of hydrogen-bond donors (Lipinski definition) is 1. The maximum atomic E-state index is 13.1. The SMILES string of the molecule is Cc1c(C(=O)N[C@H]2C[C@H]3CO[C@@H](C4CC4)CN3C2)n(C)c2c(C)cccc12. The van der Waals surface area contributed by atoms with Crippen LogP contribution in [0.1, 0.15) is 40.9 Å². The second-order valence-corrected chi connectivity index (χ2v) is 8.73. The minimum atomic E-state index is 0.0510. The summed E-state index contributed by atoms with van der Waals surface area (Å²) in [5.41, 5.74) is 4.22. The van der Waals surface area contributed by atoms with Crippen molar-refractivity contribution in [3.8, 4) is 0 Å². The highest BCUT2D eigenvalue weighted by Crippen LogP contribution is 2.38. The van der Waals surface area contributed by atoms with Crippen molar-refractivity contribution in [2.45, 2.75) is 51.3 Å². The van der Waals surface area contributed by atoms with Crippen LogP contribution in [0.3, 0.4) is 0 Å². The van der Waals surface area contributed by atoms with Gasteiger partial charge in [-0.05, 0) is 50.2 Å². The molecule has 5 rings (SSSR count). The fourth-order valence-electron chi connectivity index (χ4n) is 5.23. The number of rotatable bonds is 3. The smallest absolute Gasteiger partial charge is 0.268 e. The van der Waals surface area contributed by atoms with E-state index < -0.39 is 0 Å². The van der Waals surface area contributed by atoms with Gasteiger partial charge in [-0.15, -0.1) is 0 Å². The number of carbonyl (C=O) groups excluding carboxylic acids is 1. The zero-order valence-electron chi connectivity index (χ0n) is 16.5. The highest BCUT2D eigenvalue weighted by Gasteiger charge is 2.42. The third-order valence-corrected chi connectivity index (χ3v) is 6.81. The van der Waals surface area contributed by atoms with Crippen molar-refractivity contribution >= 4 is 16.8 Å². The maximum Gasteiger partial charge on any atom is 0.268 e. The number of nitrogens with zero attached hydrogens (tertiary/aromatic N) is 2. The van der Waals surface area contributed by atoms with Gasteiger partial charge in [0.05, 0.1) is 18.2 Å². The van der Waals surface area contributed by atoms with E-state index in [1.807, 2.05) is 7.05 Å². The molecule has 1 aromatic carbocycles. The zero-order chi connectivity index (χ0) is 18.7. The van der Waals surface area contributed by atoms with Gasteiger partial charge in [0, 0.05) is 37.6 Å². The number of aromatic nitrogens is 1. The Bertz CT molecular complexity index is 899. The van der Waals surface area contributed by atoms with E-state index in [9.17, 15) is 4.79 Å². The molecule has 1 aliphatic carbocycles. The lowest BCUT2D eigenvalue weighted by Gasteiger charge is -2.35. The minimum absolute atomic E-state index is 0.0510. The number of carbonyl (C=O) groups is 1. The fraction of sp³-hybridized carbons (Fsp3) is 0.591. The number of nitrogens with one attached hydrogen (secondary N) is 1. The summed E-state index contributed by atoms with van der Waals surface area (Å²) in [6.07, 6.45) is 4.05. The summed E-state index contributed by atoms with van der Waals surface area (Å²) < 4.78 is 8.15. The number of fused-ring (bicyclic) bond motifs is 2. The van der Waals surface area contributed by atoms with Gasteiger partial charge in [0.15, 0.2) is 0 Å². The largest absolute Gasteiger partial charge is 0.375 e. The van der Waals surface area contributed by atoms with Crippen molar-refractivity contribution in [1.82, 2.24) is 14.8 Å². The molecule has 0 spiro atoms. The highest BCUT2D eigenvalue weighted by molar-refractivity contribution is 6.02. The van der Waals surface area contributed by atoms with Gasteiger partial charge >= 0.3 is 0 Å². The zero-order valence-corrected chi connectivity index (χ0v) is 16.5. The van der Waals surface area contributed by atoms with Crippen molar-refractivity contribution in [3.05, 3.63) is 35.0 Å². The molecule has 27 heavy (non-hydrogen) atoms. The van der Waals surface area contributed by atoms with Crippen molar-refractivity contribution < 1.29 is 9.53 Å². The molecule has 5 heteroatoms. The summed E-state index contributed by atoms with van der Waals surface area (Å²) in [4.78, 5) is 15.7. The molecule has 3 heterocycles. The molecular weight excluding hydrogens is 338 g/mol. The molecule has 1 amide bonds. The average molecular weight is 367 g/mol. The lowest BCUT2D eigenvalue weighted by Crippen LogP contribution is -2.47. The van der Waals surface area contributed by atoms with E-state index in [0.717, 1.165) is 48.8 Å². The first-order valence-electron chi connectivity index (χ1n) is 10.2. The van der Waals surface area contributed by atoms with Crippen LogP contribution in [0.5, 0.6) is 0 Å². The van der Waals surface area contributed by atoms with Crippen molar-refractivity contribution in [1.29, 1.82) is 0 Å². The molecule has 2 aromatic rings. The third kappa shape index (κ3) is 2.88. The highest BCUT2D eigenvalue weighted by atomic mass is 16.5. The Morgan fingerprint density at radius 1 is 1.22 bits per heavy atom. The van der Waals surface area contributed by atoms with Gasteiger partial charge in [0.25, 0.3) is 5.91 Å². The number of para-hydroxylation sites is 1. The summed E-state index contributed by atoms with van der Waals surface area (Å²) in [5.74, 6) is 0.830. The minimum Gasteiger partial charge on any atom is -0.375 e. The van der Waals surface area contributed by atoms with Gasteiger partial charge in [0.2, 0.25) is 0 Å². The topological polar surface area (TPSA) is 46.5 Å². The fourth-order valence-corrected chi connectivity index (χ4v) is 5.23. The summed E-state index contributed by atoms with van der Waals surface area (Å²) in [6.45, 7) is 6.97. The number of morpholine rings is 1. The van der Waals surface area contributed by atoms with Crippen LogP contribution in [0.15, 0.2) is 18.2 Å². The molecule has 0 bridgehead atoms. The van der Waals surface area contributed by atoms with Crippen LogP contribution in [0.25, 0.3) is 10.9 Å². The van der Waals surface area contributed by atoms with E-state index in [1.54, 1.807) is 0 Å². The predicted molar refractivity (Wildman–Crippen MR) is 106 cm³/mol. The van der Waals surface area contributed by atoms with Crippen LogP contribution in [0.4, 0.5) is 0 Å². The van der Waals surface area contributed by atoms with Crippen molar-refractivity contribution in [2.24, 2.45) is 13.0 Å². The molecule has 2 aliphatic heterocycles. The first-order valence-corrected chi connectivity index (χ1v) is 10.2. The maximum absolute atomic E-state index is 13.1. The molecule has 1 N–H and O–H groups in total. The van der Waals surface area contributed by atoms with Gasteiger partial charge in [-0.3, -0.25) is 9.69 Å². The van der Waals surface area contributed by atoms with E-state index >= 15 is 0 Å². The Morgan fingerprint density at radius 2 is 2.04 bits per heavy atom. The summed E-state index contributed by atoms with van der Waals surface area (Å²) in [5, 5.41) is 4.49. The molecule has 3 atom stereocenters. The van der Waals surface area contributed by atoms with Crippen LogP contribution in [-0.2, 0) is 11.8 Å². The van der Waals surface area contributed by atoms with Gasteiger partial charge < -0.3 is 14.6 Å². The Balaban J connectivity index is 1.33. The molecule has 3 fully saturated rings. The van der Waals surface area contributed by atoms with Crippen LogP contribution in [0, 0.1) is 19.8 Å². The van der Waals surface area contributed by atoms with E-state index in [1.165, 1.54) is 23.8 Å². The van der Waals surface area contributed by atoms with Crippen LogP contribution in [-0.4, -0.2) is 53.3 Å². The molecule has 1 saturated carbocycles. The first-order chi connectivity index (χ1) is 13.0. The van der Waals surface area contributed by atoms with Crippen LogP contribution < -0.4 is 5.32 Å². The Kier molecular flexibility index (Phi) is 4.06. The number of aryl methyl sites for hydroxylation is 3. The molecular formula is C22H29N3O2. The lowest BCUT2D eigenvalue weighted by atomic mass is 10.1. The Morgan fingerprint density at radius 3 is 2.78 bits per heavy atom. The summed E-state index contributed by atoms with van der Waals surface area (Å²) in [7, 11) is 2.00. The first kappa shape index (κ1) is 17.3. The van der Waals surface area contributed by atoms with E-state index in [0.29, 0.717) is 12.1 Å². The molecule has 5 nitrogen and oxygen atoms in total.